The third-order valence-electron chi connectivity index (χ3n) is 3.57. The summed E-state index contributed by atoms with van der Waals surface area (Å²) in [5.41, 5.74) is 1.81. The summed E-state index contributed by atoms with van der Waals surface area (Å²) in [5.74, 6) is -1.72. The average Bonchev–Trinajstić information content (AvgIpc) is 2.61. The Morgan fingerprint density at radius 3 is 2.32 bits per heavy atom. The van der Waals surface area contributed by atoms with Gasteiger partial charge in [-0.2, -0.15) is 0 Å². The quantitative estimate of drug-likeness (QED) is 0.643. The lowest BCUT2D eigenvalue weighted by Crippen LogP contribution is -2.15. The second-order valence-corrected chi connectivity index (χ2v) is 5.44. The highest BCUT2D eigenvalue weighted by molar-refractivity contribution is 6.00. The van der Waals surface area contributed by atoms with Crippen molar-refractivity contribution in [2.45, 2.75) is 20.3 Å². The number of hydrogen-bond donors (Lipinski definition) is 1. The molecular weight excluding hydrogens is 325 g/mol. The maximum atomic E-state index is 12.8. The first-order valence-electron chi connectivity index (χ1n) is 7.77. The molecule has 2 aromatic carbocycles. The molecule has 0 saturated carbocycles. The van der Waals surface area contributed by atoms with Crippen molar-refractivity contribution in [3.8, 4) is 0 Å². The molecule has 6 heteroatoms. The summed E-state index contributed by atoms with van der Waals surface area (Å²) >= 11 is 0. The Kier molecular flexibility index (Phi) is 6.00. The number of amides is 1. The lowest BCUT2D eigenvalue weighted by Gasteiger charge is -2.10. The van der Waals surface area contributed by atoms with E-state index in [2.05, 4.69) is 5.32 Å². The first kappa shape index (κ1) is 18.3. The predicted molar refractivity (Wildman–Crippen MR) is 91.1 cm³/mol. The van der Waals surface area contributed by atoms with Crippen molar-refractivity contribution < 1.29 is 23.5 Å². The second kappa shape index (κ2) is 8.19. The molecule has 0 fully saturated rings. The highest BCUT2D eigenvalue weighted by atomic mass is 19.1. The summed E-state index contributed by atoms with van der Waals surface area (Å²) in [5, 5.41) is 2.70. The molecule has 5 nitrogen and oxygen atoms in total. The smallest absolute Gasteiger partial charge is 0.338 e. The van der Waals surface area contributed by atoms with Crippen LogP contribution in [0.15, 0.2) is 42.5 Å². The number of anilines is 1. The first-order valence-corrected chi connectivity index (χ1v) is 7.77. The van der Waals surface area contributed by atoms with Crippen LogP contribution in [0.4, 0.5) is 10.1 Å². The molecule has 25 heavy (non-hydrogen) atoms. The minimum absolute atomic E-state index is 0.167. The van der Waals surface area contributed by atoms with Gasteiger partial charge < -0.3 is 10.1 Å². The molecular formula is C19H18FNO4. The Morgan fingerprint density at radius 2 is 1.68 bits per heavy atom. The van der Waals surface area contributed by atoms with E-state index < -0.39 is 24.2 Å². The zero-order valence-electron chi connectivity index (χ0n) is 14.0. The van der Waals surface area contributed by atoms with Crippen LogP contribution in [-0.2, 0) is 9.53 Å². The number of rotatable bonds is 6. The van der Waals surface area contributed by atoms with Gasteiger partial charge in [-0.05, 0) is 48.9 Å². The average molecular weight is 343 g/mol. The van der Waals surface area contributed by atoms with Crippen LogP contribution in [0.5, 0.6) is 0 Å². The van der Waals surface area contributed by atoms with Crippen molar-refractivity contribution in [3.05, 3.63) is 65.0 Å². The number of ether oxygens (including phenoxy) is 1. The number of halogens is 1. The summed E-state index contributed by atoms with van der Waals surface area (Å²) in [6.45, 7) is 3.08. The second-order valence-electron chi connectivity index (χ2n) is 5.44. The molecule has 0 unspecified atom stereocenters. The third kappa shape index (κ3) is 4.97. The number of esters is 1. The maximum Gasteiger partial charge on any atom is 0.338 e. The molecule has 0 aliphatic carbocycles. The van der Waals surface area contributed by atoms with E-state index >= 15 is 0 Å². The molecule has 0 saturated heterocycles. The molecule has 130 valence electrons. The highest BCUT2D eigenvalue weighted by Crippen LogP contribution is 2.18. The molecule has 0 radical (unpaired) electrons. The fourth-order valence-electron chi connectivity index (χ4n) is 2.06. The number of nitrogens with one attached hydrogen (secondary N) is 1. The van der Waals surface area contributed by atoms with Crippen molar-refractivity contribution >= 4 is 23.3 Å². The molecule has 2 rings (SSSR count). The van der Waals surface area contributed by atoms with Crippen LogP contribution >= 0.6 is 0 Å². The van der Waals surface area contributed by atoms with E-state index in [9.17, 15) is 18.8 Å². The number of aryl methyl sites for hydroxylation is 1. The van der Waals surface area contributed by atoms with Crippen LogP contribution < -0.4 is 5.32 Å². The summed E-state index contributed by atoms with van der Waals surface area (Å²) in [6, 6.07) is 9.74. The summed E-state index contributed by atoms with van der Waals surface area (Å²) < 4.78 is 17.9. The topological polar surface area (TPSA) is 72.5 Å². The van der Waals surface area contributed by atoms with E-state index in [1.54, 1.807) is 26.0 Å². The van der Waals surface area contributed by atoms with Crippen molar-refractivity contribution in [1.82, 2.24) is 0 Å². The molecule has 0 spiro atoms. The van der Waals surface area contributed by atoms with E-state index in [0.717, 1.165) is 17.7 Å². The van der Waals surface area contributed by atoms with Gasteiger partial charge in [0.1, 0.15) is 5.82 Å². The maximum absolute atomic E-state index is 12.8. The number of ketones is 1. The number of Topliss-reactive ketones (excluding diaryl/α,β-unsaturated/α-hetero) is 1. The fraction of sp³-hybridized carbons (Fsp3) is 0.211. The lowest BCUT2D eigenvalue weighted by atomic mass is 10.1. The van der Waals surface area contributed by atoms with Gasteiger partial charge in [-0.15, -0.1) is 0 Å². The monoisotopic (exact) mass is 343 g/mol. The molecule has 0 heterocycles. The van der Waals surface area contributed by atoms with Gasteiger partial charge in [0.25, 0.3) is 0 Å². The number of carbonyl (C=O) groups is 3. The van der Waals surface area contributed by atoms with Gasteiger partial charge in [0.05, 0.1) is 5.56 Å². The Morgan fingerprint density at radius 1 is 1.04 bits per heavy atom. The van der Waals surface area contributed by atoms with Gasteiger partial charge in [-0.1, -0.05) is 13.0 Å². The van der Waals surface area contributed by atoms with E-state index in [1.807, 2.05) is 0 Å². The largest absolute Gasteiger partial charge is 0.454 e. The molecule has 0 aromatic heterocycles. The Labute approximate surface area is 144 Å². The van der Waals surface area contributed by atoms with Crippen LogP contribution in [0, 0.1) is 12.7 Å². The molecule has 0 atom stereocenters. The summed E-state index contributed by atoms with van der Waals surface area (Å²) in [4.78, 5) is 35.6. The van der Waals surface area contributed by atoms with Crippen molar-refractivity contribution in [2.24, 2.45) is 0 Å². The minimum atomic E-state index is -0.678. The van der Waals surface area contributed by atoms with Gasteiger partial charge in [-0.25, -0.2) is 9.18 Å². The standard InChI is InChI=1S/C19H18FNO4/c1-3-18(23)21-16-10-14(5-4-12(16)2)19(24)25-11-17(22)13-6-8-15(20)9-7-13/h4-10H,3,11H2,1-2H3,(H,21,23). The van der Waals surface area contributed by atoms with Gasteiger partial charge in [-0.3, -0.25) is 9.59 Å². The van der Waals surface area contributed by atoms with E-state index in [0.29, 0.717) is 12.1 Å². The molecule has 0 bridgehead atoms. The van der Waals surface area contributed by atoms with Gasteiger partial charge >= 0.3 is 5.97 Å². The Balaban J connectivity index is 2.03. The first-order chi connectivity index (χ1) is 11.9. The van der Waals surface area contributed by atoms with Gasteiger partial charge in [0.2, 0.25) is 5.91 Å². The highest BCUT2D eigenvalue weighted by Gasteiger charge is 2.14. The van der Waals surface area contributed by atoms with Crippen molar-refractivity contribution in [1.29, 1.82) is 0 Å². The van der Waals surface area contributed by atoms with Crippen molar-refractivity contribution in [2.75, 3.05) is 11.9 Å². The van der Waals surface area contributed by atoms with Crippen LogP contribution in [0.1, 0.15) is 39.6 Å². The molecule has 2 aromatic rings. The molecule has 1 N–H and O–H groups in total. The summed E-state index contributed by atoms with van der Waals surface area (Å²) in [6.07, 6.45) is 0.320. The Hall–Kier alpha value is -3.02. The number of hydrogen-bond acceptors (Lipinski definition) is 4. The summed E-state index contributed by atoms with van der Waals surface area (Å²) in [7, 11) is 0. The SMILES string of the molecule is CCC(=O)Nc1cc(C(=O)OCC(=O)c2ccc(F)cc2)ccc1C. The predicted octanol–water partition coefficient (Wildman–Crippen LogP) is 3.52. The van der Waals surface area contributed by atoms with Crippen LogP contribution in [0.2, 0.25) is 0 Å². The lowest BCUT2D eigenvalue weighted by molar-refractivity contribution is -0.115. The third-order valence-corrected chi connectivity index (χ3v) is 3.57. The van der Waals surface area contributed by atoms with Crippen LogP contribution in [0.3, 0.4) is 0 Å². The molecule has 0 aliphatic heterocycles. The normalized spacial score (nSPS) is 10.2. The zero-order valence-corrected chi connectivity index (χ0v) is 14.0. The fourth-order valence-corrected chi connectivity index (χ4v) is 2.06. The van der Waals surface area contributed by atoms with Crippen LogP contribution in [-0.4, -0.2) is 24.3 Å². The zero-order chi connectivity index (χ0) is 18.4. The molecule has 0 aliphatic rings. The van der Waals surface area contributed by atoms with Gasteiger partial charge in [0.15, 0.2) is 12.4 Å². The van der Waals surface area contributed by atoms with E-state index in [1.165, 1.54) is 18.2 Å². The Bertz CT molecular complexity index is 800. The van der Waals surface area contributed by atoms with E-state index in [4.69, 9.17) is 4.74 Å². The molecule has 1 amide bonds. The van der Waals surface area contributed by atoms with Crippen LogP contribution in [0.25, 0.3) is 0 Å². The minimum Gasteiger partial charge on any atom is -0.454 e. The number of benzene rings is 2. The van der Waals surface area contributed by atoms with Crippen molar-refractivity contribution in [3.63, 3.8) is 0 Å². The number of carbonyl (C=O) groups excluding carboxylic acids is 3. The van der Waals surface area contributed by atoms with E-state index in [-0.39, 0.29) is 17.0 Å². The van der Waals surface area contributed by atoms with Gasteiger partial charge in [0, 0.05) is 17.7 Å².